The molecular formula is C20H23Cl2N5O. The van der Waals surface area contributed by atoms with Gasteiger partial charge in [0, 0.05) is 57.6 Å². The highest BCUT2D eigenvalue weighted by Crippen LogP contribution is 2.25. The van der Waals surface area contributed by atoms with Gasteiger partial charge in [0.2, 0.25) is 5.91 Å². The van der Waals surface area contributed by atoms with E-state index in [-0.39, 0.29) is 11.8 Å². The molecule has 2 aromatic rings. The number of pyridine rings is 2. The number of amides is 1. The van der Waals surface area contributed by atoms with Crippen molar-refractivity contribution in [1.82, 2.24) is 14.9 Å². The highest BCUT2D eigenvalue weighted by atomic mass is 35.5. The Hall–Kier alpha value is -2.05. The number of aromatic nitrogens is 2. The van der Waals surface area contributed by atoms with Crippen molar-refractivity contribution in [3.63, 3.8) is 0 Å². The first-order chi connectivity index (χ1) is 13.6. The van der Waals surface area contributed by atoms with Crippen LogP contribution in [-0.2, 0) is 4.79 Å². The van der Waals surface area contributed by atoms with Gasteiger partial charge < -0.3 is 14.7 Å². The molecule has 4 rings (SSSR count). The molecule has 2 aliphatic heterocycles. The summed E-state index contributed by atoms with van der Waals surface area (Å²) in [4.78, 5) is 28.1. The zero-order valence-electron chi connectivity index (χ0n) is 15.6. The molecule has 2 aromatic heterocycles. The van der Waals surface area contributed by atoms with Gasteiger partial charge >= 0.3 is 0 Å². The number of hydrogen-bond donors (Lipinski definition) is 0. The van der Waals surface area contributed by atoms with Crippen LogP contribution in [0.2, 0.25) is 10.0 Å². The Morgan fingerprint density at radius 3 is 1.75 bits per heavy atom. The number of rotatable bonds is 3. The quantitative estimate of drug-likeness (QED) is 0.763. The van der Waals surface area contributed by atoms with Crippen molar-refractivity contribution < 1.29 is 4.79 Å². The summed E-state index contributed by atoms with van der Waals surface area (Å²) in [5.74, 6) is 2.23. The third kappa shape index (κ3) is 4.33. The normalized spacial score (nSPS) is 18.4. The maximum Gasteiger partial charge on any atom is 0.225 e. The van der Waals surface area contributed by atoms with Gasteiger partial charge in [-0.05, 0) is 37.1 Å². The minimum absolute atomic E-state index is 0.101. The molecule has 0 aliphatic carbocycles. The molecule has 0 spiro atoms. The highest BCUT2D eigenvalue weighted by Gasteiger charge is 2.31. The maximum atomic E-state index is 13.0. The number of carbonyl (C=O) groups excluding carboxylic acids is 1. The number of halogens is 2. The lowest BCUT2D eigenvalue weighted by molar-refractivity contribution is -0.136. The smallest absolute Gasteiger partial charge is 0.225 e. The van der Waals surface area contributed by atoms with Crippen LogP contribution in [0.5, 0.6) is 0 Å². The van der Waals surface area contributed by atoms with Crippen molar-refractivity contribution in [2.24, 2.45) is 5.92 Å². The standard InChI is InChI=1S/C20H23Cl2N5O/c21-16-1-3-18(23-13-16)25-7-5-15(6-8-25)20(28)27-11-9-26(10-12-27)19-4-2-17(22)14-24-19/h1-4,13-15H,5-12H2. The molecule has 0 unspecified atom stereocenters. The SMILES string of the molecule is O=C(C1CCN(c2ccc(Cl)cn2)CC1)N1CCN(c2ccc(Cl)cn2)CC1. The third-order valence-corrected chi connectivity index (χ3v) is 5.95. The minimum Gasteiger partial charge on any atom is -0.357 e. The highest BCUT2D eigenvalue weighted by molar-refractivity contribution is 6.30. The van der Waals surface area contributed by atoms with E-state index in [4.69, 9.17) is 23.2 Å². The van der Waals surface area contributed by atoms with Crippen LogP contribution in [0.1, 0.15) is 12.8 Å². The second-order valence-electron chi connectivity index (χ2n) is 7.24. The molecular weight excluding hydrogens is 397 g/mol. The van der Waals surface area contributed by atoms with Gasteiger partial charge in [-0.1, -0.05) is 23.2 Å². The average Bonchev–Trinajstić information content (AvgIpc) is 2.75. The largest absolute Gasteiger partial charge is 0.357 e. The van der Waals surface area contributed by atoms with Crippen LogP contribution < -0.4 is 9.80 Å². The Bertz CT molecular complexity index is 731. The number of carbonyl (C=O) groups is 1. The monoisotopic (exact) mass is 419 g/mol. The van der Waals surface area contributed by atoms with Crippen LogP contribution in [0.15, 0.2) is 36.7 Å². The molecule has 28 heavy (non-hydrogen) atoms. The van der Waals surface area contributed by atoms with E-state index in [1.165, 1.54) is 0 Å². The molecule has 0 saturated carbocycles. The predicted molar refractivity (Wildman–Crippen MR) is 112 cm³/mol. The molecule has 6 nitrogen and oxygen atoms in total. The minimum atomic E-state index is 0.101. The van der Waals surface area contributed by atoms with E-state index in [0.29, 0.717) is 10.0 Å². The Morgan fingerprint density at radius 1 is 0.786 bits per heavy atom. The molecule has 1 amide bonds. The Morgan fingerprint density at radius 2 is 1.29 bits per heavy atom. The number of hydrogen-bond acceptors (Lipinski definition) is 5. The first kappa shape index (κ1) is 19.3. The summed E-state index contributed by atoms with van der Waals surface area (Å²) in [5, 5.41) is 1.28. The summed E-state index contributed by atoms with van der Waals surface area (Å²) in [6.45, 7) is 4.77. The van der Waals surface area contributed by atoms with Gasteiger partial charge in [-0.3, -0.25) is 4.79 Å². The fraction of sp³-hybridized carbons (Fsp3) is 0.450. The lowest BCUT2D eigenvalue weighted by Gasteiger charge is -2.39. The van der Waals surface area contributed by atoms with Gasteiger partial charge in [0.15, 0.2) is 0 Å². The van der Waals surface area contributed by atoms with Crippen LogP contribution in [0.4, 0.5) is 11.6 Å². The van der Waals surface area contributed by atoms with E-state index in [9.17, 15) is 4.79 Å². The summed E-state index contributed by atoms with van der Waals surface area (Å²) in [6.07, 6.45) is 5.06. The van der Waals surface area contributed by atoms with Gasteiger partial charge in [-0.25, -0.2) is 9.97 Å². The van der Waals surface area contributed by atoms with E-state index >= 15 is 0 Å². The lowest BCUT2D eigenvalue weighted by atomic mass is 9.95. The van der Waals surface area contributed by atoms with Crippen LogP contribution in [-0.4, -0.2) is 60.0 Å². The molecule has 8 heteroatoms. The summed E-state index contributed by atoms with van der Waals surface area (Å²) < 4.78 is 0. The first-order valence-corrected chi connectivity index (χ1v) is 10.4. The van der Waals surface area contributed by atoms with Crippen LogP contribution in [0.25, 0.3) is 0 Å². The van der Waals surface area contributed by atoms with E-state index in [1.54, 1.807) is 12.4 Å². The zero-order chi connectivity index (χ0) is 19.5. The van der Waals surface area contributed by atoms with Crippen molar-refractivity contribution in [1.29, 1.82) is 0 Å². The predicted octanol–water partition coefficient (Wildman–Crippen LogP) is 3.35. The zero-order valence-corrected chi connectivity index (χ0v) is 17.1. The molecule has 0 N–H and O–H groups in total. The van der Waals surface area contributed by atoms with Crippen LogP contribution in [0.3, 0.4) is 0 Å². The van der Waals surface area contributed by atoms with E-state index in [2.05, 4.69) is 19.8 Å². The second-order valence-corrected chi connectivity index (χ2v) is 8.12. The van der Waals surface area contributed by atoms with Crippen molar-refractivity contribution in [3.8, 4) is 0 Å². The van der Waals surface area contributed by atoms with Crippen molar-refractivity contribution in [2.75, 3.05) is 49.1 Å². The van der Waals surface area contributed by atoms with Gasteiger partial charge in [0.05, 0.1) is 10.0 Å². The van der Waals surface area contributed by atoms with Crippen molar-refractivity contribution in [2.45, 2.75) is 12.8 Å². The molecule has 0 bridgehead atoms. The Labute approximate surface area is 175 Å². The molecule has 0 aromatic carbocycles. The second kappa shape index (κ2) is 8.53. The van der Waals surface area contributed by atoms with Crippen molar-refractivity contribution >= 4 is 40.7 Å². The third-order valence-electron chi connectivity index (χ3n) is 5.51. The molecule has 0 radical (unpaired) electrons. The van der Waals surface area contributed by atoms with E-state index < -0.39 is 0 Å². The number of nitrogens with zero attached hydrogens (tertiary/aromatic N) is 5. The molecule has 148 valence electrons. The van der Waals surface area contributed by atoms with E-state index in [1.807, 2.05) is 29.2 Å². The average molecular weight is 420 g/mol. The summed E-state index contributed by atoms with van der Waals surface area (Å²) in [5.41, 5.74) is 0. The van der Waals surface area contributed by atoms with Crippen LogP contribution >= 0.6 is 23.2 Å². The van der Waals surface area contributed by atoms with Crippen LogP contribution in [0, 0.1) is 5.92 Å². The number of piperidine rings is 1. The van der Waals surface area contributed by atoms with Gasteiger partial charge in [-0.15, -0.1) is 0 Å². The number of anilines is 2. The fourth-order valence-electron chi connectivity index (χ4n) is 3.88. The van der Waals surface area contributed by atoms with Gasteiger partial charge in [0.1, 0.15) is 11.6 Å². The van der Waals surface area contributed by atoms with Crippen molar-refractivity contribution in [3.05, 3.63) is 46.7 Å². The summed E-state index contributed by atoms with van der Waals surface area (Å²) >= 11 is 11.8. The molecule has 2 saturated heterocycles. The molecule has 2 aliphatic rings. The summed E-state index contributed by atoms with van der Waals surface area (Å²) in [6, 6.07) is 7.58. The Kier molecular flexibility index (Phi) is 5.87. The molecule has 4 heterocycles. The maximum absolute atomic E-state index is 13.0. The number of piperazine rings is 1. The Balaban J connectivity index is 1.28. The van der Waals surface area contributed by atoms with E-state index in [0.717, 1.165) is 63.7 Å². The van der Waals surface area contributed by atoms with Gasteiger partial charge in [-0.2, -0.15) is 0 Å². The first-order valence-electron chi connectivity index (χ1n) is 9.62. The fourth-order valence-corrected chi connectivity index (χ4v) is 4.10. The lowest BCUT2D eigenvalue weighted by Crippen LogP contribution is -2.52. The summed E-state index contributed by atoms with van der Waals surface area (Å²) in [7, 11) is 0. The topological polar surface area (TPSA) is 52.6 Å². The molecule has 2 fully saturated rings. The molecule has 0 atom stereocenters. The van der Waals surface area contributed by atoms with Gasteiger partial charge in [0.25, 0.3) is 0 Å².